The third-order valence-electron chi connectivity index (χ3n) is 8.78. The van der Waals surface area contributed by atoms with E-state index in [1.54, 1.807) is 43.0 Å². The van der Waals surface area contributed by atoms with Gasteiger partial charge >= 0.3 is 18.2 Å². The average Bonchev–Trinajstić information content (AvgIpc) is 3.19. The van der Waals surface area contributed by atoms with Crippen molar-refractivity contribution >= 4 is 47.3 Å². The highest BCUT2D eigenvalue weighted by Gasteiger charge is 2.31. The van der Waals surface area contributed by atoms with Crippen LogP contribution in [0.1, 0.15) is 68.8 Å². The number of anilines is 2. The van der Waals surface area contributed by atoms with Gasteiger partial charge < -0.3 is 49.6 Å². The third kappa shape index (κ3) is 13.5. The van der Waals surface area contributed by atoms with Gasteiger partial charge in [-0.25, -0.2) is 9.59 Å². The van der Waals surface area contributed by atoms with Crippen LogP contribution in [0.5, 0.6) is 11.5 Å². The lowest BCUT2D eigenvalue weighted by molar-refractivity contribution is -0.140. The second kappa shape index (κ2) is 22.5. The van der Waals surface area contributed by atoms with Crippen molar-refractivity contribution in [1.29, 1.82) is 0 Å². The van der Waals surface area contributed by atoms with Crippen LogP contribution in [0.25, 0.3) is 0 Å². The van der Waals surface area contributed by atoms with Crippen LogP contribution in [0.4, 0.5) is 21.0 Å². The van der Waals surface area contributed by atoms with Crippen molar-refractivity contribution in [3.63, 3.8) is 0 Å². The van der Waals surface area contributed by atoms with Crippen LogP contribution in [0, 0.1) is 5.92 Å². The van der Waals surface area contributed by atoms with Gasteiger partial charge in [0.05, 0.1) is 44.7 Å². The lowest BCUT2D eigenvalue weighted by Crippen LogP contribution is -2.53. The van der Waals surface area contributed by atoms with Crippen LogP contribution < -0.4 is 30.7 Å². The molecule has 306 valence electrons. The number of hydrogen-bond donors (Lipinski definition) is 5. The predicted molar refractivity (Wildman–Crippen MR) is 205 cm³/mol. The van der Waals surface area contributed by atoms with Crippen molar-refractivity contribution in [3.05, 3.63) is 60.2 Å². The molecule has 1 saturated heterocycles. The van der Waals surface area contributed by atoms with Gasteiger partial charge in [0.1, 0.15) is 25.3 Å². The first-order valence-electron chi connectivity index (χ1n) is 18.3. The van der Waals surface area contributed by atoms with Crippen LogP contribution in [-0.2, 0) is 35.2 Å². The number of aliphatic hydroxyl groups is 1. The van der Waals surface area contributed by atoms with Crippen LogP contribution in [0.2, 0.25) is 0 Å². The Labute approximate surface area is 326 Å². The Bertz CT molecular complexity index is 1680. The van der Waals surface area contributed by atoms with Crippen molar-refractivity contribution in [2.75, 3.05) is 51.2 Å². The normalized spacial score (nSPS) is 14.7. The minimum absolute atomic E-state index is 0.0206. The number of likely N-dealkylation sites (tertiary alicyclic amines) is 1. The second-order valence-electron chi connectivity index (χ2n) is 13.3. The van der Waals surface area contributed by atoms with Gasteiger partial charge in [-0.15, -0.1) is 0 Å². The number of methoxy groups -OCH3 is 2. The molecule has 3 rings (SSSR count). The number of alkyl carbamates (subject to hydrolysis) is 1. The van der Waals surface area contributed by atoms with Gasteiger partial charge in [0.25, 0.3) is 5.91 Å². The number of esters is 1. The second-order valence-corrected chi connectivity index (χ2v) is 13.3. The Morgan fingerprint density at radius 2 is 1.66 bits per heavy atom. The summed E-state index contributed by atoms with van der Waals surface area (Å²) in [7, 11) is 2.70. The Morgan fingerprint density at radius 3 is 2.30 bits per heavy atom. The van der Waals surface area contributed by atoms with Crippen LogP contribution in [0.3, 0.4) is 0 Å². The van der Waals surface area contributed by atoms with Gasteiger partial charge in [-0.3, -0.25) is 24.5 Å². The topological polar surface area (TPSA) is 220 Å². The Hall–Kier alpha value is -5.84. The van der Waals surface area contributed by atoms with Crippen molar-refractivity contribution in [2.24, 2.45) is 5.92 Å². The SMILES string of the molecule is C=CCOC(=O)NC(C(=O)N[C@@H](C)C(=O)Nc1ccc(COC(=O)Nc2cc(OCCCC(=O)OC)c(OC)cc2C(=O)N2CCCC[C@H]2CO)cc1)C(C)C. The summed E-state index contributed by atoms with van der Waals surface area (Å²) in [5, 5.41) is 20.4. The highest BCUT2D eigenvalue weighted by atomic mass is 16.6. The number of piperidine rings is 1. The van der Waals surface area contributed by atoms with Crippen molar-refractivity contribution in [1.82, 2.24) is 15.5 Å². The van der Waals surface area contributed by atoms with Crippen LogP contribution in [-0.4, -0.2) is 105 Å². The first kappa shape index (κ1) is 44.6. The molecule has 2 aromatic rings. The van der Waals surface area contributed by atoms with Crippen molar-refractivity contribution in [2.45, 2.75) is 77.6 Å². The highest BCUT2D eigenvalue weighted by Crippen LogP contribution is 2.35. The standard InChI is InChI=1S/C39H53N5O12/c1-7-18-55-39(51)43-34(24(2)3)36(48)40-25(4)35(47)41-27-15-13-26(14-16-27)23-56-38(50)42-30-21-32(54-19-10-12-33(46)53-6)31(52-5)20-29(30)37(49)44-17-9-8-11-28(44)22-45/h7,13-16,20-21,24-25,28,34,45H,1,8-12,17-19,22-23H2,2-6H3,(H,40,48)(H,41,47)(H,42,50)(H,43,51)/t25-,28-,34?/m0/s1. The monoisotopic (exact) mass is 783 g/mol. The highest BCUT2D eigenvalue weighted by molar-refractivity contribution is 6.04. The molecule has 1 heterocycles. The number of benzene rings is 2. The summed E-state index contributed by atoms with van der Waals surface area (Å²) in [6.07, 6.45) is 2.48. The number of carbonyl (C=O) groups is 6. The lowest BCUT2D eigenvalue weighted by Gasteiger charge is -2.35. The maximum atomic E-state index is 13.8. The zero-order valence-electron chi connectivity index (χ0n) is 32.5. The van der Waals surface area contributed by atoms with Gasteiger partial charge in [0, 0.05) is 24.7 Å². The van der Waals surface area contributed by atoms with E-state index in [0.29, 0.717) is 30.6 Å². The van der Waals surface area contributed by atoms with E-state index >= 15 is 0 Å². The average molecular weight is 784 g/mol. The van der Waals surface area contributed by atoms with Crippen LogP contribution in [0.15, 0.2) is 49.1 Å². The molecule has 2 aromatic carbocycles. The van der Waals surface area contributed by atoms with Gasteiger partial charge in [-0.05, 0) is 62.3 Å². The van der Waals surface area contributed by atoms with E-state index in [1.165, 1.54) is 39.4 Å². The molecule has 1 fully saturated rings. The smallest absolute Gasteiger partial charge is 0.411 e. The molecule has 17 nitrogen and oxygen atoms in total. The number of ether oxygens (including phenoxy) is 5. The molecule has 0 saturated carbocycles. The number of nitrogens with zero attached hydrogens (tertiary/aromatic N) is 1. The largest absolute Gasteiger partial charge is 0.493 e. The molecule has 0 radical (unpaired) electrons. The van der Waals surface area contributed by atoms with E-state index in [0.717, 1.165) is 12.8 Å². The zero-order valence-corrected chi connectivity index (χ0v) is 32.5. The number of carbonyl (C=O) groups excluding carboxylic acids is 6. The number of aliphatic hydroxyl groups excluding tert-OH is 1. The minimum atomic E-state index is -0.952. The summed E-state index contributed by atoms with van der Waals surface area (Å²) >= 11 is 0. The first-order chi connectivity index (χ1) is 26.8. The number of nitrogens with one attached hydrogen (secondary N) is 4. The molecule has 3 atom stereocenters. The molecule has 56 heavy (non-hydrogen) atoms. The van der Waals surface area contributed by atoms with Gasteiger partial charge in [0.2, 0.25) is 11.8 Å². The number of amides is 5. The van der Waals surface area contributed by atoms with Gasteiger partial charge in [-0.2, -0.15) is 0 Å². The van der Waals surface area contributed by atoms with E-state index < -0.39 is 48.0 Å². The fourth-order valence-corrected chi connectivity index (χ4v) is 5.66. The molecule has 1 aliphatic heterocycles. The number of hydrogen-bond acceptors (Lipinski definition) is 12. The van der Waals surface area contributed by atoms with E-state index in [-0.39, 0.29) is 67.6 Å². The molecular formula is C39H53N5O12. The summed E-state index contributed by atoms with van der Waals surface area (Å²) in [5.74, 6) is -1.72. The van der Waals surface area contributed by atoms with Gasteiger partial charge in [0.15, 0.2) is 11.5 Å². The van der Waals surface area contributed by atoms with Gasteiger partial charge in [-0.1, -0.05) is 38.6 Å². The van der Waals surface area contributed by atoms with Crippen molar-refractivity contribution in [3.8, 4) is 11.5 Å². The summed E-state index contributed by atoms with van der Waals surface area (Å²) in [6, 6.07) is 7.08. The maximum Gasteiger partial charge on any atom is 0.411 e. The quantitative estimate of drug-likeness (QED) is 0.0588. The summed E-state index contributed by atoms with van der Waals surface area (Å²) in [6.45, 7) is 8.61. The molecule has 1 unspecified atom stereocenters. The Balaban J connectivity index is 1.66. The molecule has 5 amide bonds. The van der Waals surface area contributed by atoms with Crippen LogP contribution >= 0.6 is 0 Å². The number of rotatable bonds is 19. The fraction of sp³-hybridized carbons (Fsp3) is 0.487. The maximum absolute atomic E-state index is 13.8. The lowest BCUT2D eigenvalue weighted by atomic mass is 10.0. The van der Waals surface area contributed by atoms with E-state index in [4.69, 9.17) is 18.9 Å². The Morgan fingerprint density at radius 1 is 0.929 bits per heavy atom. The fourth-order valence-electron chi connectivity index (χ4n) is 5.66. The molecule has 0 aliphatic carbocycles. The summed E-state index contributed by atoms with van der Waals surface area (Å²) in [4.78, 5) is 77.7. The predicted octanol–water partition coefficient (Wildman–Crippen LogP) is 4.14. The molecule has 17 heteroatoms. The summed E-state index contributed by atoms with van der Waals surface area (Å²) in [5.41, 5.74) is 1.19. The molecule has 0 bridgehead atoms. The first-order valence-corrected chi connectivity index (χ1v) is 18.3. The summed E-state index contributed by atoms with van der Waals surface area (Å²) < 4.78 is 26.4. The Kier molecular flexibility index (Phi) is 17.9. The van der Waals surface area contributed by atoms with E-state index in [2.05, 4.69) is 32.6 Å². The van der Waals surface area contributed by atoms with Crippen molar-refractivity contribution < 1.29 is 57.6 Å². The minimum Gasteiger partial charge on any atom is -0.493 e. The third-order valence-corrected chi connectivity index (χ3v) is 8.78. The van der Waals surface area contributed by atoms with E-state index in [1.807, 2.05) is 0 Å². The molecular weight excluding hydrogens is 730 g/mol. The molecule has 5 N–H and O–H groups in total. The molecule has 0 spiro atoms. The molecule has 1 aliphatic rings. The zero-order chi connectivity index (χ0) is 41.2. The molecule has 0 aromatic heterocycles. The van der Waals surface area contributed by atoms with E-state index in [9.17, 15) is 33.9 Å².